The predicted octanol–water partition coefficient (Wildman–Crippen LogP) is 3.08. The Balaban J connectivity index is 2.42. The Morgan fingerprint density at radius 1 is 1.44 bits per heavy atom. The van der Waals surface area contributed by atoms with E-state index < -0.39 is 17.1 Å². The normalized spacial score (nSPS) is 29.4. The highest BCUT2D eigenvalue weighted by molar-refractivity contribution is 9.09. The van der Waals surface area contributed by atoms with Gasteiger partial charge in [0.2, 0.25) is 0 Å². The molecule has 1 fully saturated rings. The second kappa shape index (κ2) is 7.72. The van der Waals surface area contributed by atoms with Gasteiger partial charge in [-0.2, -0.15) is 0 Å². The number of hydrogen-bond donors (Lipinski definition) is 1. The molecule has 0 aromatic carbocycles. The van der Waals surface area contributed by atoms with Gasteiger partial charge in [-0.3, -0.25) is 14.9 Å². The van der Waals surface area contributed by atoms with Crippen LogP contribution in [0.5, 0.6) is 0 Å². The van der Waals surface area contributed by atoms with Crippen molar-refractivity contribution in [2.24, 2.45) is 11.8 Å². The number of halogens is 1. The number of nitrogens with one attached hydrogen (secondary N) is 1. The lowest BCUT2D eigenvalue weighted by molar-refractivity contribution is -0.164. The third kappa shape index (κ3) is 4.23. The highest BCUT2D eigenvalue weighted by atomic mass is 79.9. The molecule has 0 spiro atoms. The smallest absolute Gasteiger partial charge is 0.326 e. The number of rotatable bonds is 5. The van der Waals surface area contributed by atoms with Gasteiger partial charge >= 0.3 is 11.9 Å². The lowest BCUT2D eigenvalue weighted by Gasteiger charge is -2.33. The van der Waals surface area contributed by atoms with Crippen LogP contribution in [0.25, 0.3) is 0 Å². The molecule has 2 rings (SSSR count). The van der Waals surface area contributed by atoms with Crippen molar-refractivity contribution in [3.8, 4) is 0 Å². The SMILES string of the molecule is CCOC(=O)[C@@H]1[C@H](c2nccs2)N[C@](C)(C(=O)OC(C)(C)C)[C@H]1CBr. The Bertz CT molecular complexity index is 617. The fraction of sp³-hybridized carbons (Fsp3) is 0.706. The average Bonchev–Trinajstić information content (AvgIpc) is 3.11. The van der Waals surface area contributed by atoms with Crippen LogP contribution in [-0.2, 0) is 19.1 Å². The largest absolute Gasteiger partial charge is 0.466 e. The van der Waals surface area contributed by atoms with E-state index in [1.165, 1.54) is 11.3 Å². The highest BCUT2D eigenvalue weighted by Crippen LogP contribution is 2.45. The van der Waals surface area contributed by atoms with Crippen molar-refractivity contribution in [3.05, 3.63) is 16.6 Å². The number of nitrogens with zero attached hydrogens (tertiary/aromatic N) is 1. The van der Waals surface area contributed by atoms with E-state index in [0.29, 0.717) is 5.33 Å². The maximum atomic E-state index is 12.9. The molecular weight excluding hydrogens is 408 g/mol. The van der Waals surface area contributed by atoms with Crippen molar-refractivity contribution in [2.45, 2.75) is 51.8 Å². The predicted molar refractivity (Wildman–Crippen MR) is 99.6 cm³/mol. The number of aromatic nitrogens is 1. The molecule has 8 heteroatoms. The Kier molecular flexibility index (Phi) is 6.27. The summed E-state index contributed by atoms with van der Waals surface area (Å²) in [5.41, 5.74) is -1.64. The topological polar surface area (TPSA) is 77.5 Å². The van der Waals surface area contributed by atoms with Gasteiger partial charge in [-0.25, -0.2) is 4.98 Å². The first-order chi connectivity index (χ1) is 11.6. The molecule has 1 N–H and O–H groups in total. The molecule has 2 heterocycles. The van der Waals surface area contributed by atoms with E-state index in [1.807, 2.05) is 26.2 Å². The molecule has 0 amide bonds. The number of carbonyl (C=O) groups is 2. The first-order valence-electron chi connectivity index (χ1n) is 8.27. The molecule has 4 atom stereocenters. The standard InChI is InChI=1S/C17H25BrN2O4S/c1-6-23-14(21)11-10(9-18)17(5,15(22)24-16(2,3)4)20-12(11)13-19-7-8-25-13/h7-8,10-12,20H,6,9H2,1-5H3/t10-,11-,12+,17-/m0/s1. The van der Waals surface area contributed by atoms with Gasteiger partial charge in [0.1, 0.15) is 16.1 Å². The molecule has 0 aliphatic carbocycles. The zero-order valence-corrected chi connectivity index (χ0v) is 17.6. The van der Waals surface area contributed by atoms with Crippen LogP contribution in [0.3, 0.4) is 0 Å². The van der Waals surface area contributed by atoms with E-state index in [4.69, 9.17) is 9.47 Å². The number of esters is 2. The molecule has 1 aliphatic rings. The van der Waals surface area contributed by atoms with E-state index in [2.05, 4.69) is 26.2 Å². The second-order valence-electron chi connectivity index (χ2n) is 7.24. The molecule has 1 aliphatic heterocycles. The van der Waals surface area contributed by atoms with Gasteiger partial charge in [-0.05, 0) is 34.6 Å². The lowest BCUT2D eigenvalue weighted by Crippen LogP contribution is -2.53. The fourth-order valence-electron chi connectivity index (χ4n) is 3.10. The van der Waals surface area contributed by atoms with Gasteiger partial charge in [-0.1, -0.05) is 15.9 Å². The van der Waals surface area contributed by atoms with Crippen LogP contribution >= 0.6 is 27.3 Å². The van der Waals surface area contributed by atoms with Gasteiger partial charge in [0.15, 0.2) is 0 Å². The van der Waals surface area contributed by atoms with E-state index in [1.54, 1.807) is 20.0 Å². The molecule has 1 aromatic rings. The minimum atomic E-state index is -1.02. The van der Waals surface area contributed by atoms with Crippen molar-refractivity contribution in [1.82, 2.24) is 10.3 Å². The van der Waals surface area contributed by atoms with Crippen LogP contribution in [0.15, 0.2) is 11.6 Å². The van der Waals surface area contributed by atoms with Crippen molar-refractivity contribution in [1.29, 1.82) is 0 Å². The number of hydrogen-bond acceptors (Lipinski definition) is 7. The summed E-state index contributed by atoms with van der Waals surface area (Å²) in [6.45, 7) is 9.33. The van der Waals surface area contributed by atoms with Gasteiger partial charge in [0.25, 0.3) is 0 Å². The lowest BCUT2D eigenvalue weighted by atomic mass is 9.81. The van der Waals surface area contributed by atoms with Crippen LogP contribution in [0.4, 0.5) is 0 Å². The zero-order valence-electron chi connectivity index (χ0n) is 15.2. The van der Waals surface area contributed by atoms with Gasteiger partial charge in [0, 0.05) is 22.8 Å². The molecule has 0 radical (unpaired) electrons. The summed E-state index contributed by atoms with van der Waals surface area (Å²) in [4.78, 5) is 29.9. The molecule has 1 aromatic heterocycles. The summed E-state index contributed by atoms with van der Waals surface area (Å²) in [7, 11) is 0. The fourth-order valence-corrected chi connectivity index (χ4v) is 4.88. The number of alkyl halides is 1. The molecule has 1 saturated heterocycles. The molecule has 25 heavy (non-hydrogen) atoms. The van der Waals surface area contributed by atoms with Gasteiger partial charge in [0.05, 0.1) is 18.6 Å². The third-order valence-corrected chi connectivity index (χ3v) is 5.81. The number of carbonyl (C=O) groups excluding carboxylic acids is 2. The monoisotopic (exact) mass is 432 g/mol. The summed E-state index contributed by atoms with van der Waals surface area (Å²) in [6.07, 6.45) is 1.69. The van der Waals surface area contributed by atoms with Crippen molar-refractivity contribution < 1.29 is 19.1 Å². The van der Waals surface area contributed by atoms with Crippen molar-refractivity contribution in [3.63, 3.8) is 0 Å². The Labute approximate surface area is 160 Å². The average molecular weight is 433 g/mol. The van der Waals surface area contributed by atoms with Crippen LogP contribution in [0, 0.1) is 11.8 Å². The maximum absolute atomic E-state index is 12.9. The van der Waals surface area contributed by atoms with Crippen molar-refractivity contribution in [2.75, 3.05) is 11.9 Å². The summed E-state index contributed by atoms with van der Waals surface area (Å²) in [5.74, 6) is -1.55. The van der Waals surface area contributed by atoms with Crippen LogP contribution < -0.4 is 5.32 Å². The first kappa shape index (κ1) is 20.3. The van der Waals surface area contributed by atoms with Crippen LogP contribution in [-0.4, -0.2) is 40.0 Å². The second-order valence-corrected chi connectivity index (χ2v) is 8.81. The Hall–Kier alpha value is -0.990. The van der Waals surface area contributed by atoms with Gasteiger partial charge in [-0.15, -0.1) is 11.3 Å². The van der Waals surface area contributed by atoms with E-state index in [0.717, 1.165) is 5.01 Å². The van der Waals surface area contributed by atoms with Crippen LogP contribution in [0.1, 0.15) is 45.7 Å². The Morgan fingerprint density at radius 3 is 2.60 bits per heavy atom. The van der Waals surface area contributed by atoms with E-state index in [9.17, 15) is 9.59 Å². The number of thiazole rings is 1. The molecule has 0 unspecified atom stereocenters. The Morgan fingerprint density at radius 2 is 2.12 bits per heavy atom. The summed E-state index contributed by atoms with van der Waals surface area (Å²) < 4.78 is 10.9. The number of ether oxygens (including phenoxy) is 2. The van der Waals surface area contributed by atoms with Crippen molar-refractivity contribution >= 4 is 39.2 Å². The van der Waals surface area contributed by atoms with Crippen LogP contribution in [0.2, 0.25) is 0 Å². The molecular formula is C17H25BrN2O4S. The van der Waals surface area contributed by atoms with E-state index >= 15 is 0 Å². The third-order valence-electron chi connectivity index (χ3n) is 4.25. The minimum Gasteiger partial charge on any atom is -0.466 e. The zero-order chi connectivity index (χ0) is 18.8. The first-order valence-corrected chi connectivity index (χ1v) is 10.3. The highest BCUT2D eigenvalue weighted by Gasteiger charge is 2.59. The minimum absolute atomic E-state index is 0.290. The summed E-state index contributed by atoms with van der Waals surface area (Å²) in [5, 5.41) is 6.40. The summed E-state index contributed by atoms with van der Waals surface area (Å²) in [6, 6.07) is -0.390. The molecule has 6 nitrogen and oxygen atoms in total. The van der Waals surface area contributed by atoms with E-state index in [-0.39, 0.29) is 30.5 Å². The molecule has 0 bridgehead atoms. The van der Waals surface area contributed by atoms with Gasteiger partial charge < -0.3 is 9.47 Å². The maximum Gasteiger partial charge on any atom is 0.326 e. The molecule has 140 valence electrons. The summed E-state index contributed by atoms with van der Waals surface area (Å²) >= 11 is 4.93. The molecule has 0 saturated carbocycles. The quantitative estimate of drug-likeness (QED) is 0.568.